The van der Waals surface area contributed by atoms with Crippen LogP contribution in [-0.2, 0) is 13.5 Å². The highest BCUT2D eigenvalue weighted by Gasteiger charge is 2.21. The average Bonchev–Trinajstić information content (AvgIpc) is 2.68. The molecule has 0 aliphatic carbocycles. The van der Waals surface area contributed by atoms with Gasteiger partial charge in [-0.25, -0.2) is 4.39 Å². The Labute approximate surface area is 101 Å². The molecule has 1 saturated heterocycles. The van der Waals surface area contributed by atoms with E-state index in [0.29, 0.717) is 13.0 Å². The lowest BCUT2D eigenvalue weighted by atomic mass is 10.1. The normalized spacial score (nSPS) is 21.0. The van der Waals surface area contributed by atoms with E-state index in [2.05, 4.69) is 4.90 Å². The van der Waals surface area contributed by atoms with Crippen LogP contribution in [0.2, 0.25) is 0 Å². The zero-order valence-corrected chi connectivity index (χ0v) is 10.4. The summed E-state index contributed by atoms with van der Waals surface area (Å²) < 4.78 is 14.6. The van der Waals surface area contributed by atoms with Gasteiger partial charge in [0.05, 0.1) is 0 Å². The van der Waals surface area contributed by atoms with Crippen molar-refractivity contribution >= 4 is 0 Å². The Hall–Kier alpha value is -1.16. The molecule has 1 aromatic heterocycles. The topological polar surface area (TPSA) is 25.2 Å². The molecule has 1 aromatic rings. The maximum atomic E-state index is 13.0. The van der Waals surface area contributed by atoms with E-state index in [4.69, 9.17) is 0 Å². The van der Waals surface area contributed by atoms with Gasteiger partial charge in [0.1, 0.15) is 6.17 Å². The van der Waals surface area contributed by atoms with Gasteiger partial charge in [0, 0.05) is 38.9 Å². The molecule has 3 nitrogen and oxygen atoms in total. The van der Waals surface area contributed by atoms with E-state index >= 15 is 0 Å². The van der Waals surface area contributed by atoms with Gasteiger partial charge in [-0.15, -0.1) is 0 Å². The number of pyridine rings is 1. The van der Waals surface area contributed by atoms with Crippen molar-refractivity contribution in [1.82, 2.24) is 9.47 Å². The first-order valence-corrected chi connectivity index (χ1v) is 6.09. The number of halogens is 1. The minimum absolute atomic E-state index is 0.0243. The van der Waals surface area contributed by atoms with E-state index < -0.39 is 6.17 Å². The van der Waals surface area contributed by atoms with Crippen LogP contribution in [0.5, 0.6) is 0 Å². The molecule has 0 aromatic carbocycles. The second-order valence-electron chi connectivity index (χ2n) is 4.87. The standard InChI is InChI=1S/C13H19FN2O/c1-10-7-13(17)15(2)8-11(10)3-5-16-6-4-12(14)9-16/h7-8,12H,3-6,9H2,1-2H3. The van der Waals surface area contributed by atoms with Gasteiger partial charge < -0.3 is 9.47 Å². The minimum Gasteiger partial charge on any atom is -0.318 e. The Morgan fingerprint density at radius 3 is 2.94 bits per heavy atom. The van der Waals surface area contributed by atoms with Crippen LogP contribution in [0.25, 0.3) is 0 Å². The van der Waals surface area contributed by atoms with Crippen LogP contribution in [0.1, 0.15) is 17.5 Å². The van der Waals surface area contributed by atoms with E-state index in [1.807, 2.05) is 13.1 Å². The molecule has 0 radical (unpaired) electrons. The number of likely N-dealkylation sites (tertiary alicyclic amines) is 1. The summed E-state index contributed by atoms with van der Waals surface area (Å²) >= 11 is 0. The fourth-order valence-electron chi connectivity index (χ4n) is 2.31. The lowest BCUT2D eigenvalue weighted by molar-refractivity contribution is 0.290. The predicted molar refractivity (Wildman–Crippen MR) is 66.1 cm³/mol. The number of hydrogen-bond donors (Lipinski definition) is 0. The molecular weight excluding hydrogens is 219 g/mol. The Morgan fingerprint density at radius 2 is 2.29 bits per heavy atom. The second-order valence-corrected chi connectivity index (χ2v) is 4.87. The monoisotopic (exact) mass is 238 g/mol. The second kappa shape index (κ2) is 5.00. The molecule has 4 heteroatoms. The smallest absolute Gasteiger partial charge is 0.250 e. The lowest BCUT2D eigenvalue weighted by Gasteiger charge is -2.15. The summed E-state index contributed by atoms with van der Waals surface area (Å²) in [6, 6.07) is 1.66. The first-order valence-electron chi connectivity index (χ1n) is 6.09. The quantitative estimate of drug-likeness (QED) is 0.792. The van der Waals surface area contributed by atoms with Crippen LogP contribution in [0.15, 0.2) is 17.1 Å². The van der Waals surface area contributed by atoms with Crippen molar-refractivity contribution in [3.8, 4) is 0 Å². The highest BCUT2D eigenvalue weighted by atomic mass is 19.1. The van der Waals surface area contributed by atoms with Crippen LogP contribution in [0, 0.1) is 6.92 Å². The van der Waals surface area contributed by atoms with Gasteiger partial charge >= 0.3 is 0 Å². The summed E-state index contributed by atoms with van der Waals surface area (Å²) in [7, 11) is 1.76. The van der Waals surface area contributed by atoms with Gasteiger partial charge in [0.2, 0.25) is 0 Å². The van der Waals surface area contributed by atoms with E-state index in [9.17, 15) is 9.18 Å². The predicted octanol–water partition coefficient (Wildman–Crippen LogP) is 1.28. The average molecular weight is 238 g/mol. The molecule has 2 heterocycles. The highest BCUT2D eigenvalue weighted by Crippen LogP contribution is 2.13. The van der Waals surface area contributed by atoms with Crippen LogP contribution in [0.4, 0.5) is 4.39 Å². The van der Waals surface area contributed by atoms with Crippen LogP contribution in [-0.4, -0.2) is 35.3 Å². The molecule has 1 atom stereocenters. The third-order valence-corrected chi connectivity index (χ3v) is 3.46. The molecule has 1 aliphatic rings. The molecule has 0 N–H and O–H groups in total. The third kappa shape index (κ3) is 2.94. The van der Waals surface area contributed by atoms with Crippen LogP contribution >= 0.6 is 0 Å². The highest BCUT2D eigenvalue weighted by molar-refractivity contribution is 5.22. The first kappa shape index (κ1) is 12.3. The number of aryl methyl sites for hydroxylation is 2. The molecule has 1 fully saturated rings. The van der Waals surface area contributed by atoms with E-state index in [0.717, 1.165) is 25.1 Å². The SMILES string of the molecule is Cc1cc(=O)n(C)cc1CCN1CCC(F)C1. The summed E-state index contributed by atoms with van der Waals surface area (Å²) in [5, 5.41) is 0. The van der Waals surface area contributed by atoms with Crippen LogP contribution < -0.4 is 5.56 Å². The van der Waals surface area contributed by atoms with Gasteiger partial charge in [-0.2, -0.15) is 0 Å². The molecule has 94 valence electrons. The zero-order chi connectivity index (χ0) is 12.4. The van der Waals surface area contributed by atoms with Crippen molar-refractivity contribution in [3.05, 3.63) is 33.7 Å². The van der Waals surface area contributed by atoms with Gasteiger partial charge in [-0.05, 0) is 30.9 Å². The number of rotatable bonds is 3. The molecule has 1 unspecified atom stereocenters. The van der Waals surface area contributed by atoms with Crippen molar-refractivity contribution < 1.29 is 4.39 Å². The molecule has 2 rings (SSSR count). The maximum absolute atomic E-state index is 13.0. The summed E-state index contributed by atoms with van der Waals surface area (Å²) in [6.07, 6.45) is 2.77. The van der Waals surface area contributed by atoms with Crippen molar-refractivity contribution in [2.24, 2.45) is 7.05 Å². The van der Waals surface area contributed by atoms with Crippen molar-refractivity contribution in [2.75, 3.05) is 19.6 Å². The molecule has 1 aliphatic heterocycles. The number of nitrogens with zero attached hydrogens (tertiary/aromatic N) is 2. The van der Waals surface area contributed by atoms with Gasteiger partial charge in [0.15, 0.2) is 0 Å². The molecule has 17 heavy (non-hydrogen) atoms. The zero-order valence-electron chi connectivity index (χ0n) is 10.4. The largest absolute Gasteiger partial charge is 0.318 e. The Morgan fingerprint density at radius 1 is 1.53 bits per heavy atom. The number of aromatic nitrogens is 1. The summed E-state index contributed by atoms with van der Waals surface area (Å²) in [6.45, 7) is 4.24. The fourth-order valence-corrected chi connectivity index (χ4v) is 2.31. The first-order chi connectivity index (χ1) is 8.06. The van der Waals surface area contributed by atoms with Gasteiger partial charge in [-0.3, -0.25) is 4.79 Å². The van der Waals surface area contributed by atoms with Crippen LogP contribution in [0.3, 0.4) is 0 Å². The molecule has 0 saturated carbocycles. The van der Waals surface area contributed by atoms with Crippen molar-refractivity contribution in [2.45, 2.75) is 25.9 Å². The Kier molecular flexibility index (Phi) is 3.62. The van der Waals surface area contributed by atoms with Crippen molar-refractivity contribution in [1.29, 1.82) is 0 Å². The lowest BCUT2D eigenvalue weighted by Crippen LogP contribution is -2.25. The fraction of sp³-hybridized carbons (Fsp3) is 0.615. The molecule has 0 amide bonds. The number of hydrogen-bond acceptors (Lipinski definition) is 2. The Balaban J connectivity index is 1.99. The number of alkyl halides is 1. The minimum atomic E-state index is -0.656. The van der Waals surface area contributed by atoms with Gasteiger partial charge in [0.25, 0.3) is 5.56 Å². The molecular formula is C13H19FN2O. The molecule has 0 spiro atoms. The van der Waals surface area contributed by atoms with Crippen molar-refractivity contribution in [3.63, 3.8) is 0 Å². The van der Waals surface area contributed by atoms with E-state index in [1.54, 1.807) is 17.7 Å². The van der Waals surface area contributed by atoms with E-state index in [-0.39, 0.29) is 5.56 Å². The summed E-state index contributed by atoms with van der Waals surface area (Å²) in [4.78, 5) is 13.5. The maximum Gasteiger partial charge on any atom is 0.250 e. The summed E-state index contributed by atoms with van der Waals surface area (Å²) in [5.74, 6) is 0. The van der Waals surface area contributed by atoms with Gasteiger partial charge in [-0.1, -0.05) is 0 Å². The Bertz CT molecular complexity index is 455. The summed E-state index contributed by atoms with van der Waals surface area (Å²) in [5.41, 5.74) is 2.23. The molecule has 0 bridgehead atoms. The third-order valence-electron chi connectivity index (χ3n) is 3.46. The van der Waals surface area contributed by atoms with E-state index in [1.165, 1.54) is 5.56 Å².